The summed E-state index contributed by atoms with van der Waals surface area (Å²) >= 11 is 0. The normalized spacial score (nSPS) is 12.9. The van der Waals surface area contributed by atoms with Gasteiger partial charge < -0.3 is 10.2 Å². The lowest BCUT2D eigenvalue weighted by Crippen LogP contribution is -2.16. The zero-order valence-corrected chi connectivity index (χ0v) is 11.3. The van der Waals surface area contributed by atoms with Crippen LogP contribution in [-0.2, 0) is 26.3 Å². The lowest BCUT2D eigenvalue weighted by atomic mass is 10.0. The molecule has 0 radical (unpaired) electrons. The van der Waals surface area contributed by atoms with Gasteiger partial charge in [0.15, 0.2) is 0 Å². The lowest BCUT2D eigenvalue weighted by Gasteiger charge is -2.11. The zero-order chi connectivity index (χ0) is 13.1. The minimum absolute atomic E-state index is 0.0289. The van der Waals surface area contributed by atoms with Crippen LogP contribution in [0.2, 0.25) is 0 Å². The van der Waals surface area contributed by atoms with Crippen molar-refractivity contribution < 1.29 is 4.42 Å². The Morgan fingerprint density at radius 3 is 2.78 bits per heavy atom. The van der Waals surface area contributed by atoms with Crippen LogP contribution in [0.1, 0.15) is 42.6 Å². The summed E-state index contributed by atoms with van der Waals surface area (Å²) in [4.78, 5) is 0. The van der Waals surface area contributed by atoms with E-state index in [4.69, 9.17) is 10.2 Å². The van der Waals surface area contributed by atoms with Gasteiger partial charge in [-0.25, -0.2) is 0 Å². The smallest absolute Gasteiger partial charge is 0.108 e. The second-order valence-electron chi connectivity index (χ2n) is 4.57. The number of rotatable bonds is 5. The highest BCUT2D eigenvalue weighted by Crippen LogP contribution is 2.21. The largest absolute Gasteiger partial charge is 0.469 e. The van der Waals surface area contributed by atoms with E-state index < -0.39 is 0 Å². The quantitative estimate of drug-likeness (QED) is 0.882. The second-order valence-corrected chi connectivity index (χ2v) is 4.57. The standard InChI is InChI=1S/C14H21N3O/c1-4-10-8-11(17(3)16-10)9-13(15)12-6-7-18-14(12)5-2/h6-8,13H,4-5,9,15H2,1-3H3. The van der Waals surface area contributed by atoms with Gasteiger partial charge >= 0.3 is 0 Å². The first-order valence-electron chi connectivity index (χ1n) is 6.49. The number of hydrogen-bond donors (Lipinski definition) is 1. The predicted molar refractivity (Wildman–Crippen MR) is 71.3 cm³/mol. The molecule has 2 aromatic heterocycles. The molecule has 0 aliphatic heterocycles. The first-order chi connectivity index (χ1) is 8.65. The number of aromatic nitrogens is 2. The first-order valence-corrected chi connectivity index (χ1v) is 6.49. The van der Waals surface area contributed by atoms with Gasteiger partial charge in [0.25, 0.3) is 0 Å². The Kier molecular flexibility index (Phi) is 3.87. The molecule has 0 saturated heterocycles. The van der Waals surface area contributed by atoms with E-state index in [0.717, 1.165) is 36.3 Å². The maximum atomic E-state index is 6.27. The van der Waals surface area contributed by atoms with Gasteiger partial charge in [0.05, 0.1) is 12.0 Å². The number of aryl methyl sites for hydroxylation is 3. The van der Waals surface area contributed by atoms with Crippen LogP contribution in [0.3, 0.4) is 0 Å². The minimum atomic E-state index is -0.0289. The molecule has 0 fully saturated rings. The summed E-state index contributed by atoms with van der Waals surface area (Å²) in [6.07, 6.45) is 4.33. The van der Waals surface area contributed by atoms with E-state index in [2.05, 4.69) is 25.0 Å². The molecule has 0 bridgehead atoms. The molecular formula is C14H21N3O. The van der Waals surface area contributed by atoms with Crippen LogP contribution < -0.4 is 5.73 Å². The molecule has 2 aromatic rings. The third-order valence-corrected chi connectivity index (χ3v) is 3.32. The van der Waals surface area contributed by atoms with Gasteiger partial charge in [0.2, 0.25) is 0 Å². The van der Waals surface area contributed by atoms with Crippen molar-refractivity contribution in [2.45, 2.75) is 39.2 Å². The highest BCUT2D eigenvalue weighted by Gasteiger charge is 2.15. The van der Waals surface area contributed by atoms with Crippen molar-refractivity contribution in [3.63, 3.8) is 0 Å². The van der Waals surface area contributed by atoms with Crippen LogP contribution in [0.5, 0.6) is 0 Å². The Morgan fingerprint density at radius 2 is 2.17 bits per heavy atom. The van der Waals surface area contributed by atoms with E-state index in [1.54, 1.807) is 6.26 Å². The van der Waals surface area contributed by atoms with E-state index in [1.807, 2.05) is 17.8 Å². The molecule has 4 nitrogen and oxygen atoms in total. The number of nitrogens with two attached hydrogens (primary N) is 1. The van der Waals surface area contributed by atoms with Crippen molar-refractivity contribution in [2.24, 2.45) is 12.8 Å². The molecule has 2 rings (SSSR count). The molecule has 2 heterocycles. The number of furan rings is 1. The van der Waals surface area contributed by atoms with Gasteiger partial charge in [-0.15, -0.1) is 0 Å². The van der Waals surface area contributed by atoms with Gasteiger partial charge in [0.1, 0.15) is 5.76 Å². The summed E-state index contributed by atoms with van der Waals surface area (Å²) < 4.78 is 7.35. The molecule has 98 valence electrons. The fraction of sp³-hybridized carbons (Fsp3) is 0.500. The minimum Gasteiger partial charge on any atom is -0.469 e. The van der Waals surface area contributed by atoms with Crippen LogP contribution in [-0.4, -0.2) is 9.78 Å². The summed E-state index contributed by atoms with van der Waals surface area (Å²) in [5, 5.41) is 4.44. The highest BCUT2D eigenvalue weighted by molar-refractivity contribution is 5.23. The van der Waals surface area contributed by atoms with Crippen LogP contribution in [0.4, 0.5) is 0 Å². The van der Waals surface area contributed by atoms with Crippen molar-refractivity contribution >= 4 is 0 Å². The maximum Gasteiger partial charge on any atom is 0.108 e. The molecule has 4 heteroatoms. The average molecular weight is 247 g/mol. The Balaban J connectivity index is 2.15. The van der Waals surface area contributed by atoms with E-state index in [-0.39, 0.29) is 6.04 Å². The lowest BCUT2D eigenvalue weighted by molar-refractivity contribution is 0.504. The van der Waals surface area contributed by atoms with Gasteiger partial charge in [-0.2, -0.15) is 5.10 Å². The average Bonchev–Trinajstić information content (AvgIpc) is 2.96. The Bertz CT molecular complexity index is 513. The number of nitrogens with zero attached hydrogens (tertiary/aromatic N) is 2. The van der Waals surface area contributed by atoms with Crippen molar-refractivity contribution in [2.75, 3.05) is 0 Å². The molecule has 0 amide bonds. The van der Waals surface area contributed by atoms with Crippen molar-refractivity contribution in [3.8, 4) is 0 Å². The fourth-order valence-electron chi connectivity index (χ4n) is 2.24. The van der Waals surface area contributed by atoms with Crippen molar-refractivity contribution in [1.29, 1.82) is 0 Å². The van der Waals surface area contributed by atoms with E-state index >= 15 is 0 Å². The summed E-state index contributed by atoms with van der Waals surface area (Å²) in [6, 6.07) is 4.07. The summed E-state index contributed by atoms with van der Waals surface area (Å²) in [6.45, 7) is 4.19. The molecule has 2 N–H and O–H groups in total. The summed E-state index contributed by atoms with van der Waals surface area (Å²) in [5.74, 6) is 0.986. The molecule has 0 spiro atoms. The molecular weight excluding hydrogens is 226 g/mol. The van der Waals surface area contributed by atoms with E-state index in [1.165, 1.54) is 5.69 Å². The Morgan fingerprint density at radius 1 is 1.39 bits per heavy atom. The van der Waals surface area contributed by atoms with Crippen LogP contribution in [0.25, 0.3) is 0 Å². The number of hydrogen-bond acceptors (Lipinski definition) is 3. The van der Waals surface area contributed by atoms with Gasteiger partial charge in [0, 0.05) is 37.2 Å². The first kappa shape index (κ1) is 12.9. The maximum absolute atomic E-state index is 6.27. The van der Waals surface area contributed by atoms with Crippen molar-refractivity contribution in [1.82, 2.24) is 9.78 Å². The molecule has 18 heavy (non-hydrogen) atoms. The van der Waals surface area contributed by atoms with Crippen molar-refractivity contribution in [3.05, 3.63) is 41.1 Å². The monoisotopic (exact) mass is 247 g/mol. The molecule has 1 atom stereocenters. The van der Waals surface area contributed by atoms with E-state index in [9.17, 15) is 0 Å². The zero-order valence-electron chi connectivity index (χ0n) is 11.3. The van der Waals surface area contributed by atoms with E-state index in [0.29, 0.717) is 0 Å². The summed E-state index contributed by atoms with van der Waals surface area (Å²) in [7, 11) is 1.97. The van der Waals surface area contributed by atoms with Crippen LogP contribution in [0.15, 0.2) is 22.8 Å². The Labute approximate surface area is 108 Å². The predicted octanol–water partition coefficient (Wildman–Crippen LogP) is 2.38. The van der Waals surface area contributed by atoms with Crippen LogP contribution >= 0.6 is 0 Å². The molecule has 0 aliphatic carbocycles. The molecule has 0 aromatic carbocycles. The third kappa shape index (κ3) is 2.48. The highest BCUT2D eigenvalue weighted by atomic mass is 16.3. The van der Waals surface area contributed by atoms with Gasteiger partial charge in [-0.05, 0) is 18.6 Å². The SMILES string of the molecule is CCc1cc(CC(N)c2ccoc2CC)n(C)n1. The van der Waals surface area contributed by atoms with Gasteiger partial charge in [-0.3, -0.25) is 4.68 Å². The van der Waals surface area contributed by atoms with Crippen LogP contribution in [0, 0.1) is 0 Å². The van der Waals surface area contributed by atoms with Gasteiger partial charge in [-0.1, -0.05) is 13.8 Å². The Hall–Kier alpha value is -1.55. The molecule has 1 unspecified atom stereocenters. The third-order valence-electron chi connectivity index (χ3n) is 3.32. The summed E-state index contributed by atoms with van der Waals surface area (Å²) in [5.41, 5.74) is 9.66. The molecule has 0 saturated carbocycles. The second kappa shape index (κ2) is 5.40. The topological polar surface area (TPSA) is 57.0 Å². The molecule has 0 aliphatic rings. The fourth-order valence-corrected chi connectivity index (χ4v) is 2.24.